The molecule has 2 rings (SSSR count). The van der Waals surface area contributed by atoms with Gasteiger partial charge in [-0.3, -0.25) is 4.68 Å². The molecule has 0 saturated carbocycles. The molecular weight excluding hydrogens is 244 g/mol. The summed E-state index contributed by atoms with van der Waals surface area (Å²) in [6.07, 6.45) is 1.66. The Hall–Kier alpha value is -0.910. The van der Waals surface area contributed by atoms with Gasteiger partial charge in [0.15, 0.2) is 0 Å². The van der Waals surface area contributed by atoms with Gasteiger partial charge in [-0.15, -0.1) is 11.3 Å². The highest BCUT2D eigenvalue weighted by Crippen LogP contribution is 2.16. The first-order chi connectivity index (χ1) is 7.70. The van der Waals surface area contributed by atoms with Crippen LogP contribution < -0.4 is 5.32 Å². The number of nitrogens with one attached hydrogen (secondary N) is 1. The van der Waals surface area contributed by atoms with Crippen molar-refractivity contribution in [2.24, 2.45) is 0 Å². The zero-order valence-corrected chi connectivity index (χ0v) is 10.8. The van der Waals surface area contributed by atoms with Crippen LogP contribution in [-0.2, 0) is 13.1 Å². The van der Waals surface area contributed by atoms with Crippen LogP contribution in [0.3, 0.4) is 0 Å². The lowest BCUT2D eigenvalue weighted by Crippen LogP contribution is -2.06. The van der Waals surface area contributed by atoms with E-state index in [-0.39, 0.29) is 0 Å². The average molecular weight is 257 g/mol. The maximum atomic E-state index is 5.94. The second-order valence-electron chi connectivity index (χ2n) is 3.50. The Morgan fingerprint density at radius 2 is 2.38 bits per heavy atom. The fourth-order valence-electron chi connectivity index (χ4n) is 1.39. The van der Waals surface area contributed by atoms with Crippen LogP contribution in [0.5, 0.6) is 0 Å². The van der Waals surface area contributed by atoms with Crippen molar-refractivity contribution in [2.75, 3.05) is 7.05 Å². The lowest BCUT2D eigenvalue weighted by atomic mass is 10.4. The zero-order chi connectivity index (χ0) is 11.5. The van der Waals surface area contributed by atoms with Gasteiger partial charge in [-0.05, 0) is 14.0 Å². The summed E-state index contributed by atoms with van der Waals surface area (Å²) < 4.78 is 1.86. The molecule has 2 heterocycles. The summed E-state index contributed by atoms with van der Waals surface area (Å²) in [4.78, 5) is 4.50. The number of thiazole rings is 1. The number of rotatable bonds is 4. The fourth-order valence-corrected chi connectivity index (χ4v) is 2.33. The van der Waals surface area contributed by atoms with Crippen molar-refractivity contribution >= 4 is 22.9 Å². The molecule has 2 aromatic heterocycles. The normalized spacial score (nSPS) is 10.9. The molecule has 0 atom stereocenters. The van der Waals surface area contributed by atoms with Crippen LogP contribution in [-0.4, -0.2) is 21.8 Å². The zero-order valence-electron chi connectivity index (χ0n) is 9.20. The van der Waals surface area contributed by atoms with Crippen molar-refractivity contribution in [3.05, 3.63) is 33.0 Å². The van der Waals surface area contributed by atoms with Crippen molar-refractivity contribution in [1.82, 2.24) is 20.1 Å². The minimum absolute atomic E-state index is 0.679. The predicted molar refractivity (Wildman–Crippen MR) is 66.0 cm³/mol. The van der Waals surface area contributed by atoms with E-state index in [9.17, 15) is 0 Å². The Labute approximate surface area is 103 Å². The van der Waals surface area contributed by atoms with E-state index in [0.29, 0.717) is 11.6 Å². The quantitative estimate of drug-likeness (QED) is 0.911. The van der Waals surface area contributed by atoms with Crippen LogP contribution >= 0.6 is 22.9 Å². The highest BCUT2D eigenvalue weighted by molar-refractivity contribution is 7.09. The summed E-state index contributed by atoms with van der Waals surface area (Å²) in [7, 11) is 1.92. The Bertz CT molecular complexity index is 477. The molecule has 16 heavy (non-hydrogen) atoms. The van der Waals surface area contributed by atoms with Gasteiger partial charge in [-0.25, -0.2) is 4.98 Å². The molecule has 0 radical (unpaired) electrons. The van der Waals surface area contributed by atoms with Gasteiger partial charge >= 0.3 is 0 Å². The number of nitrogens with zero attached hydrogens (tertiary/aromatic N) is 3. The molecule has 0 saturated heterocycles. The molecule has 86 valence electrons. The summed E-state index contributed by atoms with van der Waals surface area (Å²) in [5.74, 6) is 0. The van der Waals surface area contributed by atoms with E-state index in [1.54, 1.807) is 17.5 Å². The molecule has 0 unspecified atom stereocenters. The predicted octanol–water partition coefficient (Wildman–Crippen LogP) is 2.07. The van der Waals surface area contributed by atoms with E-state index in [1.165, 1.54) is 0 Å². The molecule has 6 heteroatoms. The third kappa shape index (κ3) is 2.42. The molecule has 0 aliphatic rings. The highest BCUT2D eigenvalue weighted by Gasteiger charge is 2.07. The number of halogens is 1. The van der Waals surface area contributed by atoms with Crippen LogP contribution in [0.4, 0.5) is 0 Å². The van der Waals surface area contributed by atoms with Gasteiger partial charge in [0.1, 0.15) is 5.01 Å². The Morgan fingerprint density at radius 1 is 1.56 bits per heavy atom. The van der Waals surface area contributed by atoms with Gasteiger partial charge in [0, 0.05) is 11.9 Å². The molecule has 0 aliphatic carbocycles. The van der Waals surface area contributed by atoms with E-state index in [4.69, 9.17) is 11.6 Å². The first kappa shape index (κ1) is 11.6. The van der Waals surface area contributed by atoms with E-state index in [1.807, 2.05) is 18.7 Å². The van der Waals surface area contributed by atoms with Gasteiger partial charge in [0.05, 0.1) is 29.2 Å². The molecule has 0 amide bonds. The Kier molecular flexibility index (Phi) is 3.58. The summed E-state index contributed by atoms with van der Waals surface area (Å²) in [5, 5.41) is 11.1. The van der Waals surface area contributed by atoms with Crippen LogP contribution in [0.2, 0.25) is 5.02 Å². The molecule has 0 fully saturated rings. The van der Waals surface area contributed by atoms with Crippen molar-refractivity contribution < 1.29 is 0 Å². The maximum Gasteiger partial charge on any atom is 0.107 e. The van der Waals surface area contributed by atoms with Crippen molar-refractivity contribution in [1.29, 1.82) is 0 Å². The van der Waals surface area contributed by atoms with Crippen LogP contribution in [0.25, 0.3) is 0 Å². The molecule has 0 bridgehead atoms. The molecule has 0 spiro atoms. The van der Waals surface area contributed by atoms with Crippen LogP contribution in [0.15, 0.2) is 11.6 Å². The van der Waals surface area contributed by atoms with Gasteiger partial charge in [0.2, 0.25) is 0 Å². The fraction of sp³-hybridized carbons (Fsp3) is 0.400. The first-order valence-corrected chi connectivity index (χ1v) is 6.22. The molecule has 0 aromatic carbocycles. The standard InChI is InChI=1S/C10H13ClN4S/c1-7-9(11)3-13-15(7)5-8-6-16-10(14-8)4-12-2/h3,6,12H,4-5H2,1-2H3. The number of aromatic nitrogens is 3. The van der Waals surface area contributed by atoms with Crippen molar-refractivity contribution in [2.45, 2.75) is 20.0 Å². The Morgan fingerprint density at radius 3 is 3.00 bits per heavy atom. The topological polar surface area (TPSA) is 42.7 Å². The van der Waals surface area contributed by atoms with Gasteiger partial charge in [-0.2, -0.15) is 5.10 Å². The molecular formula is C10H13ClN4S. The van der Waals surface area contributed by atoms with Gasteiger partial charge < -0.3 is 5.32 Å². The third-order valence-corrected chi connectivity index (χ3v) is 3.55. The largest absolute Gasteiger partial charge is 0.314 e. The van der Waals surface area contributed by atoms with Gasteiger partial charge in [0.25, 0.3) is 0 Å². The molecule has 0 aliphatic heterocycles. The minimum atomic E-state index is 0.679. The van der Waals surface area contributed by atoms with E-state index in [2.05, 4.69) is 20.8 Å². The smallest absolute Gasteiger partial charge is 0.107 e. The summed E-state index contributed by atoms with van der Waals surface area (Å²) in [5.41, 5.74) is 2.00. The van der Waals surface area contributed by atoms with E-state index >= 15 is 0 Å². The van der Waals surface area contributed by atoms with Crippen LogP contribution in [0.1, 0.15) is 16.4 Å². The van der Waals surface area contributed by atoms with Crippen molar-refractivity contribution in [3.63, 3.8) is 0 Å². The molecule has 2 aromatic rings. The minimum Gasteiger partial charge on any atom is -0.314 e. The monoisotopic (exact) mass is 256 g/mol. The SMILES string of the molecule is CNCc1nc(Cn2ncc(Cl)c2C)cs1. The summed E-state index contributed by atoms with van der Waals surface area (Å²) in [6.45, 7) is 3.44. The van der Waals surface area contributed by atoms with Gasteiger partial charge in [-0.1, -0.05) is 11.6 Å². The second-order valence-corrected chi connectivity index (χ2v) is 4.85. The van der Waals surface area contributed by atoms with Crippen LogP contribution in [0, 0.1) is 6.92 Å². The Balaban J connectivity index is 2.11. The van der Waals surface area contributed by atoms with Crippen molar-refractivity contribution in [3.8, 4) is 0 Å². The summed E-state index contributed by atoms with van der Waals surface area (Å²) in [6, 6.07) is 0. The first-order valence-electron chi connectivity index (χ1n) is 4.96. The lowest BCUT2D eigenvalue weighted by Gasteiger charge is -2.01. The molecule has 1 N–H and O–H groups in total. The second kappa shape index (κ2) is 4.95. The van der Waals surface area contributed by atoms with E-state index in [0.717, 1.165) is 22.9 Å². The third-order valence-electron chi connectivity index (χ3n) is 2.28. The highest BCUT2D eigenvalue weighted by atomic mass is 35.5. The average Bonchev–Trinajstić information content (AvgIpc) is 2.82. The number of hydrogen-bond acceptors (Lipinski definition) is 4. The summed E-state index contributed by atoms with van der Waals surface area (Å²) >= 11 is 7.60. The number of hydrogen-bond donors (Lipinski definition) is 1. The maximum absolute atomic E-state index is 5.94. The molecule has 4 nitrogen and oxygen atoms in total. The van der Waals surface area contributed by atoms with E-state index < -0.39 is 0 Å². The lowest BCUT2D eigenvalue weighted by molar-refractivity contribution is 0.652.